The third-order valence-corrected chi connectivity index (χ3v) is 10.8. The minimum Gasteiger partial charge on any atom is -0.349 e. The number of fused-ring (bicyclic) bond motifs is 2. The van der Waals surface area contributed by atoms with Crippen LogP contribution in [0.25, 0.3) is 0 Å². The van der Waals surface area contributed by atoms with Crippen molar-refractivity contribution in [3.05, 3.63) is 88.7 Å². The number of aromatic nitrogens is 1. The van der Waals surface area contributed by atoms with Gasteiger partial charge in [-0.25, -0.2) is 12.8 Å². The van der Waals surface area contributed by atoms with Gasteiger partial charge >= 0.3 is 0 Å². The molecule has 0 radical (unpaired) electrons. The number of sulfonamides is 1. The lowest BCUT2D eigenvalue weighted by Crippen LogP contribution is -2.44. The summed E-state index contributed by atoms with van der Waals surface area (Å²) in [6, 6.07) is 16.6. The first-order valence-corrected chi connectivity index (χ1v) is 16.2. The predicted octanol–water partition coefficient (Wildman–Crippen LogP) is 5.06. The standard InChI is InChI=1S/C32H39FN4O3S/c1-23-7-10-27(11-8-23)41(39,40)37-19-18-36-15-3-6-30(36)31(37)21-32(38)34-29-5-2-4-25-20-24(9-12-28(25)29)22-35-16-13-26(33)14-17-35/h3,6-12,15,20,26,29,31H,2,4-5,13-14,16-19,21-22H2,1H3,(H,34,38). The molecule has 9 heteroatoms. The van der Waals surface area contributed by atoms with Crippen LogP contribution in [0.1, 0.15) is 72.1 Å². The number of carbonyl (C=O) groups excluding carboxylic acids is 1. The maximum absolute atomic E-state index is 13.7. The zero-order chi connectivity index (χ0) is 28.6. The second-order valence-electron chi connectivity index (χ2n) is 11.8. The molecule has 3 aromatic rings. The van der Waals surface area contributed by atoms with Crippen molar-refractivity contribution in [1.29, 1.82) is 0 Å². The highest BCUT2D eigenvalue weighted by Gasteiger charge is 2.38. The Bertz CT molecular complexity index is 1500. The summed E-state index contributed by atoms with van der Waals surface area (Å²) in [6.07, 6.45) is 5.36. The SMILES string of the molecule is Cc1ccc(S(=O)(=O)N2CCn3cccc3C2CC(=O)NC2CCCc3cc(CN4CCC(F)CC4)ccc32)cc1. The molecule has 1 fully saturated rings. The van der Waals surface area contributed by atoms with Crippen molar-refractivity contribution in [2.24, 2.45) is 0 Å². The highest BCUT2D eigenvalue weighted by atomic mass is 32.2. The zero-order valence-electron chi connectivity index (χ0n) is 23.6. The van der Waals surface area contributed by atoms with E-state index in [0.717, 1.165) is 55.7 Å². The number of hydrogen-bond donors (Lipinski definition) is 1. The molecule has 6 rings (SSSR count). The summed E-state index contributed by atoms with van der Waals surface area (Å²) in [5.41, 5.74) is 5.47. The quantitative estimate of drug-likeness (QED) is 0.426. The van der Waals surface area contributed by atoms with Crippen LogP contribution in [-0.2, 0) is 34.3 Å². The lowest BCUT2D eigenvalue weighted by Gasteiger charge is -2.36. The molecule has 2 atom stereocenters. The largest absolute Gasteiger partial charge is 0.349 e. The van der Waals surface area contributed by atoms with Gasteiger partial charge in [-0.1, -0.05) is 35.9 Å². The number of rotatable bonds is 7. The molecule has 1 aromatic heterocycles. The van der Waals surface area contributed by atoms with Crippen LogP contribution >= 0.6 is 0 Å². The van der Waals surface area contributed by atoms with Crippen LogP contribution in [-0.4, -0.2) is 53.9 Å². The number of carbonyl (C=O) groups is 1. The van der Waals surface area contributed by atoms with E-state index in [1.54, 1.807) is 24.3 Å². The number of nitrogens with one attached hydrogen (secondary N) is 1. The molecule has 3 heterocycles. The highest BCUT2D eigenvalue weighted by molar-refractivity contribution is 7.89. The molecule has 0 saturated carbocycles. The van der Waals surface area contributed by atoms with Crippen molar-refractivity contribution < 1.29 is 17.6 Å². The number of amides is 1. The second kappa shape index (κ2) is 11.7. The van der Waals surface area contributed by atoms with E-state index in [4.69, 9.17) is 0 Å². The van der Waals surface area contributed by atoms with Crippen LogP contribution in [0.4, 0.5) is 4.39 Å². The Labute approximate surface area is 242 Å². The first-order chi connectivity index (χ1) is 19.8. The summed E-state index contributed by atoms with van der Waals surface area (Å²) in [5.74, 6) is -0.148. The summed E-state index contributed by atoms with van der Waals surface area (Å²) in [5, 5.41) is 3.25. The molecular weight excluding hydrogens is 539 g/mol. The number of hydrogen-bond acceptors (Lipinski definition) is 4. The molecule has 41 heavy (non-hydrogen) atoms. The minimum atomic E-state index is -3.78. The summed E-state index contributed by atoms with van der Waals surface area (Å²) in [7, 11) is -3.78. The van der Waals surface area contributed by atoms with E-state index in [1.807, 2.05) is 29.8 Å². The predicted molar refractivity (Wildman–Crippen MR) is 157 cm³/mol. The summed E-state index contributed by atoms with van der Waals surface area (Å²) < 4.78 is 44.6. The number of benzene rings is 2. The number of likely N-dealkylation sites (tertiary alicyclic amines) is 1. The van der Waals surface area contributed by atoms with Gasteiger partial charge in [0, 0.05) is 51.0 Å². The Morgan fingerprint density at radius 1 is 1.00 bits per heavy atom. The van der Waals surface area contributed by atoms with Crippen LogP contribution in [0.2, 0.25) is 0 Å². The van der Waals surface area contributed by atoms with Crippen molar-refractivity contribution in [2.45, 2.75) is 81.7 Å². The fraction of sp³-hybridized carbons (Fsp3) is 0.469. The first-order valence-electron chi connectivity index (χ1n) is 14.8. The van der Waals surface area contributed by atoms with Crippen molar-refractivity contribution in [3.8, 4) is 0 Å². The van der Waals surface area contributed by atoms with Crippen molar-refractivity contribution in [3.63, 3.8) is 0 Å². The third-order valence-electron chi connectivity index (χ3n) is 8.90. The molecule has 2 aliphatic heterocycles. The number of piperidine rings is 1. The van der Waals surface area contributed by atoms with E-state index in [0.29, 0.717) is 25.9 Å². The molecule has 3 aliphatic rings. The van der Waals surface area contributed by atoms with Crippen LogP contribution in [0.15, 0.2) is 65.7 Å². The van der Waals surface area contributed by atoms with E-state index in [-0.39, 0.29) is 23.3 Å². The molecule has 7 nitrogen and oxygen atoms in total. The summed E-state index contributed by atoms with van der Waals surface area (Å²) in [6.45, 7) is 5.20. The summed E-state index contributed by atoms with van der Waals surface area (Å²) in [4.78, 5) is 16.1. The van der Waals surface area contributed by atoms with E-state index in [9.17, 15) is 17.6 Å². The number of alkyl halides is 1. The molecule has 2 aromatic carbocycles. The van der Waals surface area contributed by atoms with Gasteiger partial charge in [0.05, 0.1) is 17.0 Å². The van der Waals surface area contributed by atoms with E-state index in [1.165, 1.54) is 15.4 Å². The molecular formula is C32H39FN4O3S. The second-order valence-corrected chi connectivity index (χ2v) is 13.7. The maximum Gasteiger partial charge on any atom is 0.243 e. The lowest BCUT2D eigenvalue weighted by molar-refractivity contribution is -0.123. The Kier molecular flexibility index (Phi) is 8.03. The smallest absolute Gasteiger partial charge is 0.243 e. The first kappa shape index (κ1) is 28.1. The van der Waals surface area contributed by atoms with Crippen LogP contribution in [0.3, 0.4) is 0 Å². The third kappa shape index (κ3) is 5.98. The van der Waals surface area contributed by atoms with Gasteiger partial charge in [-0.05, 0) is 80.0 Å². The van der Waals surface area contributed by atoms with Gasteiger partial charge in [0.25, 0.3) is 0 Å². The molecule has 0 bridgehead atoms. The average Bonchev–Trinajstić information content (AvgIpc) is 3.44. The number of aryl methyl sites for hydroxylation is 2. The molecule has 1 amide bonds. The van der Waals surface area contributed by atoms with Crippen molar-refractivity contribution in [1.82, 2.24) is 19.1 Å². The topological polar surface area (TPSA) is 74.6 Å². The Morgan fingerprint density at radius 2 is 1.78 bits per heavy atom. The summed E-state index contributed by atoms with van der Waals surface area (Å²) >= 11 is 0. The van der Waals surface area contributed by atoms with Crippen molar-refractivity contribution in [2.75, 3.05) is 19.6 Å². The number of halogens is 1. The van der Waals surface area contributed by atoms with Gasteiger partial charge in [0.1, 0.15) is 6.17 Å². The monoisotopic (exact) mass is 578 g/mol. The Balaban J connectivity index is 1.17. The Morgan fingerprint density at radius 3 is 2.56 bits per heavy atom. The van der Waals surface area contributed by atoms with Crippen LogP contribution in [0.5, 0.6) is 0 Å². The Hall–Kier alpha value is -3.01. The van der Waals surface area contributed by atoms with Gasteiger partial charge in [0.15, 0.2) is 0 Å². The van der Waals surface area contributed by atoms with Crippen molar-refractivity contribution >= 4 is 15.9 Å². The molecule has 1 saturated heterocycles. The zero-order valence-corrected chi connectivity index (χ0v) is 24.5. The van der Waals surface area contributed by atoms with Gasteiger partial charge in [0.2, 0.25) is 15.9 Å². The molecule has 1 aliphatic carbocycles. The van der Waals surface area contributed by atoms with Gasteiger partial charge in [-0.15, -0.1) is 0 Å². The van der Waals surface area contributed by atoms with Gasteiger partial charge in [-0.2, -0.15) is 4.31 Å². The highest BCUT2D eigenvalue weighted by Crippen LogP contribution is 2.35. The van der Waals surface area contributed by atoms with Gasteiger partial charge < -0.3 is 9.88 Å². The van der Waals surface area contributed by atoms with Crippen LogP contribution < -0.4 is 5.32 Å². The lowest BCUT2D eigenvalue weighted by atomic mass is 9.86. The van der Waals surface area contributed by atoms with E-state index >= 15 is 0 Å². The molecule has 2 unspecified atom stereocenters. The maximum atomic E-state index is 13.7. The average molecular weight is 579 g/mol. The van der Waals surface area contributed by atoms with Gasteiger partial charge in [-0.3, -0.25) is 9.69 Å². The fourth-order valence-electron chi connectivity index (χ4n) is 6.65. The fourth-order valence-corrected chi connectivity index (χ4v) is 8.24. The normalized spacial score (nSPS) is 22.2. The molecule has 218 valence electrons. The number of nitrogens with zero attached hydrogens (tertiary/aromatic N) is 3. The van der Waals surface area contributed by atoms with E-state index < -0.39 is 22.2 Å². The van der Waals surface area contributed by atoms with E-state index in [2.05, 4.69) is 28.4 Å². The van der Waals surface area contributed by atoms with Crippen LogP contribution in [0, 0.1) is 6.92 Å². The minimum absolute atomic E-state index is 0.0591. The molecule has 1 N–H and O–H groups in total. The molecule has 0 spiro atoms.